The van der Waals surface area contributed by atoms with Crippen molar-refractivity contribution in [1.29, 1.82) is 0 Å². The number of hydrogen-bond donors (Lipinski definition) is 8. The van der Waals surface area contributed by atoms with Crippen molar-refractivity contribution >= 4 is 35.3 Å². The van der Waals surface area contributed by atoms with Gasteiger partial charge in [0.05, 0.1) is 23.5 Å². The van der Waals surface area contributed by atoms with Crippen LogP contribution >= 0.6 is 0 Å². The van der Waals surface area contributed by atoms with Crippen molar-refractivity contribution in [1.82, 2.24) is 20.9 Å². The second kappa shape index (κ2) is 12.0. The Morgan fingerprint density at radius 2 is 1.76 bits per heavy atom. The first-order valence-corrected chi connectivity index (χ1v) is 11.2. The Bertz CT molecular complexity index is 1190. The number of nitrogens with zero attached hydrogens (tertiary/aromatic N) is 1. The van der Waals surface area contributed by atoms with Crippen molar-refractivity contribution in [2.45, 2.75) is 37.8 Å². The monoisotopic (exact) mass is 513 g/mol. The molecule has 196 valence electrons. The van der Waals surface area contributed by atoms with Crippen LogP contribution in [0.2, 0.25) is 0 Å². The fourth-order valence-electron chi connectivity index (χ4n) is 3.67. The predicted molar refractivity (Wildman–Crippen MR) is 129 cm³/mol. The number of aromatic nitrogens is 1. The van der Waals surface area contributed by atoms with E-state index >= 15 is 0 Å². The fourth-order valence-corrected chi connectivity index (χ4v) is 3.67. The first-order chi connectivity index (χ1) is 17.5. The molecular weight excluding hydrogens is 486 g/mol. The van der Waals surface area contributed by atoms with E-state index in [1.54, 1.807) is 30.3 Å². The quantitative estimate of drug-likeness (QED) is 0.191. The van der Waals surface area contributed by atoms with Crippen molar-refractivity contribution in [3.63, 3.8) is 0 Å². The zero-order valence-corrected chi connectivity index (χ0v) is 19.5. The summed E-state index contributed by atoms with van der Waals surface area (Å²) in [5, 5.41) is 28.3. The normalized spacial score (nSPS) is 19.8. The summed E-state index contributed by atoms with van der Waals surface area (Å²) in [6, 6.07) is 9.88. The van der Waals surface area contributed by atoms with Crippen LogP contribution in [0.3, 0.4) is 0 Å². The Morgan fingerprint density at radius 3 is 2.38 bits per heavy atom. The maximum absolute atomic E-state index is 12.8. The minimum Gasteiger partial charge on any atom is -0.481 e. The van der Waals surface area contributed by atoms with Crippen molar-refractivity contribution in [3.05, 3.63) is 48.2 Å². The largest absolute Gasteiger partial charge is 0.481 e. The molecule has 1 aromatic carbocycles. The molecular formula is C23H27N7O7. The van der Waals surface area contributed by atoms with Crippen LogP contribution in [-0.2, 0) is 19.2 Å². The van der Waals surface area contributed by atoms with Gasteiger partial charge in [-0.25, -0.2) is 9.78 Å². The minimum atomic E-state index is -1.43. The molecule has 1 saturated heterocycles. The smallest absolute Gasteiger partial charge is 0.326 e. The second-order valence-electron chi connectivity index (χ2n) is 8.29. The van der Waals surface area contributed by atoms with Gasteiger partial charge in [0.2, 0.25) is 11.8 Å². The summed E-state index contributed by atoms with van der Waals surface area (Å²) < 4.78 is 0. The molecule has 37 heavy (non-hydrogen) atoms. The number of carboxylic acids is 2. The van der Waals surface area contributed by atoms with E-state index in [-0.39, 0.29) is 29.9 Å². The minimum absolute atomic E-state index is 0.148. The van der Waals surface area contributed by atoms with E-state index < -0.39 is 60.5 Å². The number of pyridine rings is 1. The van der Waals surface area contributed by atoms with E-state index in [4.69, 9.17) is 16.6 Å². The van der Waals surface area contributed by atoms with Crippen LogP contribution in [0.15, 0.2) is 42.5 Å². The Kier molecular flexibility index (Phi) is 8.84. The summed E-state index contributed by atoms with van der Waals surface area (Å²) in [5.41, 5.74) is 12.4. The third-order valence-corrected chi connectivity index (χ3v) is 5.54. The van der Waals surface area contributed by atoms with Gasteiger partial charge >= 0.3 is 11.9 Å². The van der Waals surface area contributed by atoms with Gasteiger partial charge < -0.3 is 31.9 Å². The zero-order valence-electron chi connectivity index (χ0n) is 19.5. The van der Waals surface area contributed by atoms with E-state index in [9.17, 15) is 29.1 Å². The number of nitrogens with two attached hydrogens (primary N) is 2. The number of carboxylic acid groups (broad SMARTS) is 2. The first kappa shape index (κ1) is 27.2. The lowest BCUT2D eigenvalue weighted by Crippen LogP contribution is -2.67. The average Bonchev–Trinajstić information content (AvgIpc) is 2.84. The third kappa shape index (κ3) is 7.30. The molecule has 10 N–H and O–H groups in total. The summed E-state index contributed by atoms with van der Waals surface area (Å²) in [6.45, 7) is 0. The summed E-state index contributed by atoms with van der Waals surface area (Å²) in [5.74, 6) is -5.31. The van der Waals surface area contributed by atoms with Gasteiger partial charge in [-0.1, -0.05) is 30.3 Å². The van der Waals surface area contributed by atoms with Crippen LogP contribution in [-0.4, -0.2) is 63.4 Å². The Hall–Kier alpha value is -4.40. The number of carbonyl (C=O) groups is 5. The first-order valence-electron chi connectivity index (χ1n) is 11.2. The molecule has 1 aliphatic rings. The van der Waals surface area contributed by atoms with Gasteiger partial charge in [0, 0.05) is 18.4 Å². The molecule has 4 atom stereocenters. The van der Waals surface area contributed by atoms with Gasteiger partial charge in [0.1, 0.15) is 18.0 Å². The number of benzene rings is 1. The van der Waals surface area contributed by atoms with E-state index in [0.717, 1.165) is 0 Å². The highest BCUT2D eigenvalue weighted by molar-refractivity contribution is 5.99. The zero-order chi connectivity index (χ0) is 27.1. The van der Waals surface area contributed by atoms with Crippen LogP contribution in [0, 0.1) is 5.92 Å². The van der Waals surface area contributed by atoms with Crippen LogP contribution in [0.1, 0.15) is 29.8 Å². The number of amides is 3. The number of hydrogen-bond acceptors (Lipinski definition) is 9. The molecule has 0 radical (unpaired) electrons. The highest BCUT2D eigenvalue weighted by Crippen LogP contribution is 2.27. The van der Waals surface area contributed by atoms with Crippen LogP contribution in [0.4, 0.5) is 5.69 Å². The Labute approximate surface area is 210 Å². The van der Waals surface area contributed by atoms with Crippen molar-refractivity contribution in [3.8, 4) is 11.3 Å². The predicted octanol–water partition coefficient (Wildman–Crippen LogP) is -1.01. The van der Waals surface area contributed by atoms with Gasteiger partial charge in [0.25, 0.3) is 5.91 Å². The highest BCUT2D eigenvalue weighted by Gasteiger charge is 2.34. The lowest BCUT2D eigenvalue weighted by atomic mass is 9.98. The number of aliphatic carboxylic acids is 2. The maximum atomic E-state index is 12.8. The van der Waals surface area contributed by atoms with Crippen molar-refractivity contribution < 1.29 is 34.2 Å². The topological polar surface area (TPSA) is 239 Å². The average molecular weight is 514 g/mol. The van der Waals surface area contributed by atoms with E-state index in [1.165, 1.54) is 12.1 Å². The molecule has 2 heterocycles. The van der Waals surface area contributed by atoms with Gasteiger partial charge in [0.15, 0.2) is 0 Å². The molecule has 14 nitrogen and oxygen atoms in total. The van der Waals surface area contributed by atoms with Gasteiger partial charge in [-0.3, -0.25) is 30.2 Å². The van der Waals surface area contributed by atoms with Gasteiger partial charge in [-0.15, -0.1) is 0 Å². The standard InChI is InChI=1S/C23H27N7O7/c24-19-12(20(34)30-23(25)29-19)10-16(31)26-13-6-7-14(27-18(13)11-4-2-1-3-5-11)21(35)28-15(22(36)37)8-9-17(32)33/h1-7,12,15,19,23,29H,8-10,24-25H2,(H,26,31)(H,28,35)(H,30,34)(H,32,33)(H,36,37)/t12?,15-,19?,23?/m0/s1. The van der Waals surface area contributed by atoms with Crippen molar-refractivity contribution in [2.75, 3.05) is 5.32 Å². The van der Waals surface area contributed by atoms with E-state index in [0.29, 0.717) is 5.56 Å². The van der Waals surface area contributed by atoms with Crippen LogP contribution in [0.5, 0.6) is 0 Å². The highest BCUT2D eigenvalue weighted by atomic mass is 16.4. The van der Waals surface area contributed by atoms with E-state index in [1.807, 2.05) is 0 Å². The summed E-state index contributed by atoms with van der Waals surface area (Å²) in [4.78, 5) is 64.3. The number of anilines is 1. The summed E-state index contributed by atoms with van der Waals surface area (Å²) in [7, 11) is 0. The molecule has 2 aromatic rings. The SMILES string of the molecule is NC1NC(=O)C(CC(=O)Nc2ccc(C(=O)N[C@@H](CCC(=O)O)C(=O)O)nc2-c2ccccc2)C(N)N1. The molecule has 3 unspecified atom stereocenters. The lowest BCUT2D eigenvalue weighted by molar-refractivity contribution is -0.140. The van der Waals surface area contributed by atoms with Crippen molar-refractivity contribution in [2.24, 2.45) is 17.4 Å². The lowest BCUT2D eigenvalue weighted by Gasteiger charge is -2.33. The molecule has 3 amide bonds. The molecule has 0 saturated carbocycles. The molecule has 1 fully saturated rings. The van der Waals surface area contributed by atoms with Gasteiger partial charge in [-0.2, -0.15) is 0 Å². The second-order valence-corrected chi connectivity index (χ2v) is 8.29. The Balaban J connectivity index is 1.82. The molecule has 0 bridgehead atoms. The Morgan fingerprint density at radius 1 is 1.05 bits per heavy atom. The third-order valence-electron chi connectivity index (χ3n) is 5.54. The van der Waals surface area contributed by atoms with E-state index in [2.05, 4.69) is 26.3 Å². The summed E-state index contributed by atoms with van der Waals surface area (Å²) in [6.07, 6.45) is -2.68. The number of rotatable bonds is 10. The molecule has 14 heteroatoms. The molecule has 3 rings (SSSR count). The molecule has 0 spiro atoms. The van der Waals surface area contributed by atoms with Crippen LogP contribution < -0.4 is 32.7 Å². The van der Waals surface area contributed by atoms with Crippen LogP contribution in [0.25, 0.3) is 11.3 Å². The maximum Gasteiger partial charge on any atom is 0.326 e. The fraction of sp³-hybridized carbons (Fsp3) is 0.304. The number of nitrogens with one attached hydrogen (secondary N) is 4. The van der Waals surface area contributed by atoms with Gasteiger partial charge in [-0.05, 0) is 18.6 Å². The molecule has 1 aromatic heterocycles. The molecule has 1 aliphatic heterocycles. The number of carbonyl (C=O) groups excluding carboxylic acids is 3. The molecule has 0 aliphatic carbocycles. The summed E-state index contributed by atoms with van der Waals surface area (Å²) >= 11 is 0.